The van der Waals surface area contributed by atoms with Crippen molar-refractivity contribution < 1.29 is 0 Å². The summed E-state index contributed by atoms with van der Waals surface area (Å²) in [5.74, 6) is 0. The number of hydrogen-bond acceptors (Lipinski definition) is 2. The first-order chi connectivity index (χ1) is 6.79. The van der Waals surface area contributed by atoms with Gasteiger partial charge in [0.1, 0.15) is 0 Å². The van der Waals surface area contributed by atoms with Gasteiger partial charge >= 0.3 is 0 Å². The van der Waals surface area contributed by atoms with Gasteiger partial charge in [0.15, 0.2) is 0 Å². The van der Waals surface area contributed by atoms with Crippen LogP contribution in [-0.2, 0) is 6.54 Å². The third-order valence-electron chi connectivity index (χ3n) is 1.97. The van der Waals surface area contributed by atoms with E-state index in [9.17, 15) is 0 Å². The van der Waals surface area contributed by atoms with E-state index in [4.69, 9.17) is 17.3 Å². The Balaban J connectivity index is 2.34. The Hall–Kier alpha value is -1.32. The van der Waals surface area contributed by atoms with E-state index >= 15 is 0 Å². The molecule has 1 aromatic carbocycles. The quantitative estimate of drug-likeness (QED) is 0.819. The Morgan fingerprint density at radius 1 is 1.29 bits per heavy atom. The number of imidazole rings is 1. The molecule has 0 aliphatic rings. The lowest BCUT2D eigenvalue weighted by Crippen LogP contribution is -1.95. The van der Waals surface area contributed by atoms with Crippen molar-refractivity contribution in [2.75, 3.05) is 0 Å². The van der Waals surface area contributed by atoms with Crippen LogP contribution >= 0.6 is 11.6 Å². The fourth-order valence-electron chi connectivity index (χ4n) is 1.22. The molecule has 0 fully saturated rings. The molecule has 0 saturated heterocycles. The number of benzene rings is 1. The predicted molar refractivity (Wildman–Crippen MR) is 56.5 cm³/mol. The minimum atomic E-state index is 0.459. The van der Waals surface area contributed by atoms with Crippen molar-refractivity contribution in [3.05, 3.63) is 47.5 Å². The van der Waals surface area contributed by atoms with Crippen LogP contribution in [0.1, 0.15) is 5.69 Å². The smallest absolute Gasteiger partial charge is 0.0995 e. The van der Waals surface area contributed by atoms with Crippen molar-refractivity contribution in [2.45, 2.75) is 6.54 Å². The molecular weight excluding hydrogens is 198 g/mol. The van der Waals surface area contributed by atoms with Gasteiger partial charge in [0.2, 0.25) is 0 Å². The van der Waals surface area contributed by atoms with Gasteiger partial charge in [0.25, 0.3) is 0 Å². The van der Waals surface area contributed by atoms with Crippen LogP contribution < -0.4 is 5.73 Å². The Morgan fingerprint density at radius 2 is 2.00 bits per heavy atom. The summed E-state index contributed by atoms with van der Waals surface area (Å²) in [6.45, 7) is 0.459. The van der Waals surface area contributed by atoms with Gasteiger partial charge in [-0.1, -0.05) is 11.6 Å². The summed E-state index contributed by atoms with van der Waals surface area (Å²) in [4.78, 5) is 4.14. The van der Waals surface area contributed by atoms with Crippen LogP contribution in [0.5, 0.6) is 0 Å². The van der Waals surface area contributed by atoms with Gasteiger partial charge in [-0.15, -0.1) is 0 Å². The van der Waals surface area contributed by atoms with E-state index in [1.54, 1.807) is 6.33 Å². The summed E-state index contributed by atoms with van der Waals surface area (Å²) >= 11 is 5.79. The van der Waals surface area contributed by atoms with Gasteiger partial charge in [-0.2, -0.15) is 0 Å². The van der Waals surface area contributed by atoms with Crippen molar-refractivity contribution in [1.29, 1.82) is 0 Å². The first-order valence-electron chi connectivity index (χ1n) is 4.28. The van der Waals surface area contributed by atoms with E-state index < -0.39 is 0 Å². The molecule has 72 valence electrons. The summed E-state index contributed by atoms with van der Waals surface area (Å²) in [7, 11) is 0. The van der Waals surface area contributed by atoms with Crippen molar-refractivity contribution in [2.24, 2.45) is 5.73 Å². The van der Waals surface area contributed by atoms with Crippen LogP contribution in [0.25, 0.3) is 5.69 Å². The van der Waals surface area contributed by atoms with Gasteiger partial charge in [-0.25, -0.2) is 4.98 Å². The zero-order chi connectivity index (χ0) is 9.97. The van der Waals surface area contributed by atoms with Crippen LogP contribution in [-0.4, -0.2) is 9.55 Å². The van der Waals surface area contributed by atoms with E-state index in [0.29, 0.717) is 6.54 Å². The van der Waals surface area contributed by atoms with Crippen molar-refractivity contribution in [1.82, 2.24) is 9.55 Å². The molecule has 3 nitrogen and oxygen atoms in total. The van der Waals surface area contributed by atoms with Gasteiger partial charge in [0, 0.05) is 23.5 Å². The van der Waals surface area contributed by atoms with Gasteiger partial charge < -0.3 is 10.3 Å². The molecule has 0 aliphatic heterocycles. The van der Waals surface area contributed by atoms with E-state index in [1.165, 1.54) is 0 Å². The molecule has 0 atom stereocenters. The highest BCUT2D eigenvalue weighted by molar-refractivity contribution is 6.30. The summed E-state index contributed by atoms with van der Waals surface area (Å²) in [6.07, 6.45) is 3.65. The second-order valence-electron chi connectivity index (χ2n) is 2.95. The lowest BCUT2D eigenvalue weighted by molar-refractivity contribution is 1.01. The summed E-state index contributed by atoms with van der Waals surface area (Å²) in [5, 5.41) is 0.730. The zero-order valence-corrected chi connectivity index (χ0v) is 8.28. The number of nitrogens with zero attached hydrogens (tertiary/aromatic N) is 2. The van der Waals surface area contributed by atoms with Gasteiger partial charge in [-0.05, 0) is 24.3 Å². The van der Waals surface area contributed by atoms with Crippen LogP contribution in [0, 0.1) is 0 Å². The molecule has 0 spiro atoms. The Morgan fingerprint density at radius 3 is 2.57 bits per heavy atom. The number of halogens is 1. The van der Waals surface area contributed by atoms with Crippen molar-refractivity contribution >= 4 is 11.6 Å². The average molecular weight is 208 g/mol. The Bertz CT molecular complexity index is 419. The minimum Gasteiger partial charge on any atom is -0.325 e. The van der Waals surface area contributed by atoms with Crippen LogP contribution in [0.15, 0.2) is 36.8 Å². The summed E-state index contributed by atoms with van der Waals surface area (Å²) < 4.78 is 1.92. The van der Waals surface area contributed by atoms with Crippen molar-refractivity contribution in [3.63, 3.8) is 0 Å². The molecule has 4 heteroatoms. The first kappa shape index (κ1) is 9.24. The Labute approximate surface area is 87.1 Å². The number of hydrogen-bond donors (Lipinski definition) is 1. The highest BCUT2D eigenvalue weighted by Gasteiger charge is 1.98. The van der Waals surface area contributed by atoms with E-state index in [1.807, 2.05) is 35.0 Å². The van der Waals surface area contributed by atoms with Gasteiger partial charge in [0.05, 0.1) is 12.0 Å². The van der Waals surface area contributed by atoms with E-state index in [2.05, 4.69) is 4.98 Å². The lowest BCUT2D eigenvalue weighted by atomic mass is 10.3. The second kappa shape index (κ2) is 3.82. The highest BCUT2D eigenvalue weighted by atomic mass is 35.5. The molecule has 1 aromatic heterocycles. The molecule has 0 aliphatic carbocycles. The average Bonchev–Trinajstić information content (AvgIpc) is 2.67. The maximum Gasteiger partial charge on any atom is 0.0995 e. The minimum absolute atomic E-state index is 0.459. The van der Waals surface area contributed by atoms with Gasteiger partial charge in [-0.3, -0.25) is 0 Å². The molecule has 14 heavy (non-hydrogen) atoms. The lowest BCUT2D eigenvalue weighted by Gasteiger charge is -2.00. The number of rotatable bonds is 2. The maximum atomic E-state index is 5.79. The second-order valence-corrected chi connectivity index (χ2v) is 3.39. The molecule has 0 amide bonds. The largest absolute Gasteiger partial charge is 0.325 e. The third-order valence-corrected chi connectivity index (χ3v) is 2.22. The first-order valence-corrected chi connectivity index (χ1v) is 4.66. The molecular formula is C10H10ClN3. The summed E-state index contributed by atoms with van der Waals surface area (Å²) in [5.41, 5.74) is 7.37. The zero-order valence-electron chi connectivity index (χ0n) is 7.52. The standard InChI is InChI=1S/C10H10ClN3/c11-8-1-3-10(4-2-8)14-6-9(5-12)13-7-14/h1-4,6-7H,5,12H2. The highest BCUT2D eigenvalue weighted by Crippen LogP contribution is 2.13. The van der Waals surface area contributed by atoms with Crippen molar-refractivity contribution in [3.8, 4) is 5.69 Å². The van der Waals surface area contributed by atoms with Crippen LogP contribution in [0.3, 0.4) is 0 Å². The molecule has 2 N–H and O–H groups in total. The topological polar surface area (TPSA) is 43.8 Å². The monoisotopic (exact) mass is 207 g/mol. The molecule has 2 aromatic rings. The molecule has 2 rings (SSSR count). The number of aromatic nitrogens is 2. The maximum absolute atomic E-state index is 5.79. The van der Waals surface area contributed by atoms with E-state index in [0.717, 1.165) is 16.4 Å². The normalized spacial score (nSPS) is 10.4. The van der Waals surface area contributed by atoms with E-state index in [-0.39, 0.29) is 0 Å². The molecule has 0 bridgehead atoms. The molecule has 0 unspecified atom stereocenters. The summed E-state index contributed by atoms with van der Waals surface area (Å²) in [6, 6.07) is 7.56. The Kier molecular flexibility index (Phi) is 2.52. The fourth-order valence-corrected chi connectivity index (χ4v) is 1.35. The number of nitrogens with two attached hydrogens (primary N) is 1. The third kappa shape index (κ3) is 1.78. The fraction of sp³-hybridized carbons (Fsp3) is 0.100. The van der Waals surface area contributed by atoms with Crippen LogP contribution in [0.2, 0.25) is 5.02 Å². The SMILES string of the molecule is NCc1cn(-c2ccc(Cl)cc2)cn1. The molecule has 0 saturated carbocycles. The molecule has 0 radical (unpaired) electrons. The predicted octanol–water partition coefficient (Wildman–Crippen LogP) is 1.98. The molecule has 1 heterocycles. The van der Waals surface area contributed by atoms with Crippen LogP contribution in [0.4, 0.5) is 0 Å².